The summed E-state index contributed by atoms with van der Waals surface area (Å²) in [6.07, 6.45) is 3.21. The van der Waals surface area contributed by atoms with Crippen LogP contribution in [0.4, 0.5) is 0 Å². The summed E-state index contributed by atoms with van der Waals surface area (Å²) in [6, 6.07) is -0.352. The van der Waals surface area contributed by atoms with Gasteiger partial charge in [0.25, 0.3) is 0 Å². The summed E-state index contributed by atoms with van der Waals surface area (Å²) in [5.41, 5.74) is 5.83. The van der Waals surface area contributed by atoms with Crippen molar-refractivity contribution in [3.8, 4) is 0 Å². The molecule has 1 heterocycles. The molecule has 2 unspecified atom stereocenters. The Morgan fingerprint density at radius 3 is 2.75 bits per heavy atom. The number of amides is 1. The topological polar surface area (TPSA) is 55.1 Å². The van der Waals surface area contributed by atoms with E-state index < -0.39 is 0 Å². The molecule has 16 heavy (non-hydrogen) atoms. The number of nitrogens with one attached hydrogen (secondary N) is 1. The van der Waals surface area contributed by atoms with E-state index in [2.05, 4.69) is 26.1 Å². The first kappa shape index (κ1) is 13.8. The van der Waals surface area contributed by atoms with Crippen LogP contribution in [0, 0.1) is 5.92 Å². The number of carbonyl (C=O) groups excluding carboxylic acids is 1. The van der Waals surface area contributed by atoms with Crippen molar-refractivity contribution in [1.82, 2.24) is 5.32 Å². The van der Waals surface area contributed by atoms with Crippen molar-refractivity contribution >= 4 is 17.7 Å². The molecule has 0 aromatic heterocycles. The Bertz CT molecular complexity index is 237. The van der Waals surface area contributed by atoms with Crippen LogP contribution >= 0.6 is 11.8 Å². The van der Waals surface area contributed by atoms with Crippen molar-refractivity contribution in [2.24, 2.45) is 11.7 Å². The van der Waals surface area contributed by atoms with E-state index in [1.807, 2.05) is 11.8 Å². The molecule has 1 rings (SSSR count). The molecule has 1 saturated heterocycles. The minimum atomic E-state index is -0.352. The first-order valence-corrected chi connectivity index (χ1v) is 7.09. The highest BCUT2D eigenvalue weighted by Gasteiger charge is 2.30. The van der Waals surface area contributed by atoms with Gasteiger partial charge < -0.3 is 11.1 Å². The quantitative estimate of drug-likeness (QED) is 0.775. The lowest BCUT2D eigenvalue weighted by molar-refractivity contribution is -0.122. The summed E-state index contributed by atoms with van der Waals surface area (Å²) in [5, 5.41) is 2.99. The molecule has 0 spiro atoms. The monoisotopic (exact) mass is 244 g/mol. The van der Waals surface area contributed by atoms with Crippen LogP contribution < -0.4 is 11.1 Å². The van der Waals surface area contributed by atoms with Crippen LogP contribution in [0.5, 0.6) is 0 Å². The molecular weight excluding hydrogens is 220 g/mol. The van der Waals surface area contributed by atoms with Gasteiger partial charge in [-0.2, -0.15) is 11.8 Å². The van der Waals surface area contributed by atoms with Gasteiger partial charge in [0.1, 0.15) is 0 Å². The standard InChI is InChI=1S/C12H24N2OS/c1-9(2)7-10(13)11(15)14-8-12(3)5-4-6-16-12/h9-10H,4-8,13H2,1-3H3,(H,14,15). The average Bonchev–Trinajstić information content (AvgIpc) is 2.61. The minimum Gasteiger partial charge on any atom is -0.353 e. The fraction of sp³-hybridized carbons (Fsp3) is 0.917. The van der Waals surface area contributed by atoms with Gasteiger partial charge in [0.2, 0.25) is 5.91 Å². The van der Waals surface area contributed by atoms with Crippen LogP contribution in [0.1, 0.15) is 40.0 Å². The molecule has 0 bridgehead atoms. The van der Waals surface area contributed by atoms with Gasteiger partial charge in [0.05, 0.1) is 6.04 Å². The fourth-order valence-corrected chi connectivity index (χ4v) is 3.24. The molecular formula is C12H24N2OS. The van der Waals surface area contributed by atoms with Crippen LogP contribution in [0.15, 0.2) is 0 Å². The third kappa shape index (κ3) is 4.34. The van der Waals surface area contributed by atoms with Gasteiger partial charge >= 0.3 is 0 Å². The van der Waals surface area contributed by atoms with Crippen molar-refractivity contribution in [2.45, 2.75) is 50.8 Å². The molecule has 0 radical (unpaired) electrons. The van der Waals surface area contributed by atoms with Crippen molar-refractivity contribution in [3.63, 3.8) is 0 Å². The van der Waals surface area contributed by atoms with Crippen molar-refractivity contribution < 1.29 is 4.79 Å². The molecule has 4 heteroatoms. The van der Waals surface area contributed by atoms with Gasteiger partial charge in [-0.1, -0.05) is 13.8 Å². The third-order valence-electron chi connectivity index (χ3n) is 3.00. The van der Waals surface area contributed by atoms with E-state index in [-0.39, 0.29) is 16.7 Å². The molecule has 1 amide bonds. The second-order valence-electron chi connectivity index (χ2n) is 5.36. The molecule has 0 aromatic carbocycles. The Labute approximate surface area is 103 Å². The van der Waals surface area contributed by atoms with E-state index >= 15 is 0 Å². The Balaban J connectivity index is 2.28. The lowest BCUT2D eigenvalue weighted by Crippen LogP contribution is -2.45. The normalized spacial score (nSPS) is 27.1. The zero-order chi connectivity index (χ0) is 12.2. The highest BCUT2D eigenvalue weighted by atomic mass is 32.2. The maximum Gasteiger partial charge on any atom is 0.236 e. The van der Waals surface area contributed by atoms with Crippen molar-refractivity contribution in [2.75, 3.05) is 12.3 Å². The molecule has 0 aromatic rings. The Morgan fingerprint density at radius 2 is 2.25 bits per heavy atom. The first-order chi connectivity index (χ1) is 7.43. The van der Waals surface area contributed by atoms with Crippen LogP contribution in [0.2, 0.25) is 0 Å². The molecule has 3 N–H and O–H groups in total. The maximum atomic E-state index is 11.7. The number of thioether (sulfide) groups is 1. The highest BCUT2D eigenvalue weighted by Crippen LogP contribution is 2.36. The predicted molar refractivity (Wildman–Crippen MR) is 70.5 cm³/mol. The molecule has 1 fully saturated rings. The average molecular weight is 244 g/mol. The van der Waals surface area contributed by atoms with Gasteiger partial charge in [-0.3, -0.25) is 4.79 Å². The van der Waals surface area contributed by atoms with E-state index in [1.54, 1.807) is 0 Å². The maximum absolute atomic E-state index is 11.7. The minimum absolute atomic E-state index is 0.00225. The second kappa shape index (κ2) is 5.92. The van der Waals surface area contributed by atoms with Crippen LogP contribution in [-0.4, -0.2) is 29.0 Å². The van der Waals surface area contributed by atoms with Crippen LogP contribution in [-0.2, 0) is 4.79 Å². The van der Waals surface area contributed by atoms with Gasteiger partial charge in [0, 0.05) is 11.3 Å². The number of hydrogen-bond acceptors (Lipinski definition) is 3. The lowest BCUT2D eigenvalue weighted by atomic mass is 10.0. The Morgan fingerprint density at radius 1 is 1.56 bits per heavy atom. The number of hydrogen-bond donors (Lipinski definition) is 2. The second-order valence-corrected chi connectivity index (χ2v) is 7.04. The number of carbonyl (C=O) groups is 1. The smallest absolute Gasteiger partial charge is 0.236 e. The molecule has 3 nitrogen and oxygen atoms in total. The summed E-state index contributed by atoms with van der Waals surface area (Å²) in [5.74, 6) is 1.68. The van der Waals surface area contributed by atoms with Gasteiger partial charge in [-0.25, -0.2) is 0 Å². The van der Waals surface area contributed by atoms with Crippen molar-refractivity contribution in [1.29, 1.82) is 0 Å². The van der Waals surface area contributed by atoms with Crippen LogP contribution in [0.3, 0.4) is 0 Å². The van der Waals surface area contributed by atoms with Gasteiger partial charge in [-0.15, -0.1) is 0 Å². The largest absolute Gasteiger partial charge is 0.353 e. The van der Waals surface area contributed by atoms with Crippen molar-refractivity contribution in [3.05, 3.63) is 0 Å². The summed E-state index contributed by atoms with van der Waals surface area (Å²) in [6.45, 7) is 7.14. The first-order valence-electron chi connectivity index (χ1n) is 6.10. The van der Waals surface area contributed by atoms with Crippen LogP contribution in [0.25, 0.3) is 0 Å². The lowest BCUT2D eigenvalue weighted by Gasteiger charge is -2.24. The Hall–Kier alpha value is -0.220. The van der Waals surface area contributed by atoms with Gasteiger partial charge in [-0.05, 0) is 37.9 Å². The summed E-state index contributed by atoms with van der Waals surface area (Å²) in [4.78, 5) is 11.7. The van der Waals surface area contributed by atoms with E-state index in [9.17, 15) is 4.79 Å². The molecule has 2 atom stereocenters. The van der Waals surface area contributed by atoms with E-state index in [0.29, 0.717) is 5.92 Å². The Kier molecular flexibility index (Phi) is 5.12. The number of rotatable bonds is 5. The molecule has 1 aliphatic rings. The summed E-state index contributed by atoms with van der Waals surface area (Å²) in [7, 11) is 0. The van der Waals surface area contributed by atoms with E-state index in [4.69, 9.17) is 5.73 Å². The van der Waals surface area contributed by atoms with Gasteiger partial charge in [0.15, 0.2) is 0 Å². The molecule has 0 aliphatic carbocycles. The fourth-order valence-electron chi connectivity index (χ4n) is 2.00. The third-order valence-corrected chi connectivity index (χ3v) is 4.54. The van der Waals surface area contributed by atoms with E-state index in [1.165, 1.54) is 18.6 Å². The molecule has 0 saturated carbocycles. The van der Waals surface area contributed by atoms with E-state index in [0.717, 1.165) is 13.0 Å². The molecule has 94 valence electrons. The predicted octanol–water partition coefficient (Wildman–Crippen LogP) is 1.76. The SMILES string of the molecule is CC(C)CC(N)C(=O)NCC1(C)CCCS1. The zero-order valence-corrected chi connectivity index (χ0v) is 11.4. The number of nitrogens with two attached hydrogens (primary N) is 1. The molecule has 1 aliphatic heterocycles. The zero-order valence-electron chi connectivity index (χ0n) is 10.6. The summed E-state index contributed by atoms with van der Waals surface area (Å²) >= 11 is 1.96. The highest BCUT2D eigenvalue weighted by molar-refractivity contribution is 8.00. The summed E-state index contributed by atoms with van der Waals surface area (Å²) < 4.78 is 0.229.